The average molecular weight is 428 g/mol. The normalized spacial score (nSPS) is 10.7. The SMILES string of the molecule is O=C(Cn1cc([N+](=O)[O-])cn1)N/N=C/c1cccc(OC(=O)c2ccccc2Cl)c1. The van der Waals surface area contributed by atoms with Crippen molar-refractivity contribution in [2.75, 3.05) is 0 Å². The highest BCUT2D eigenvalue weighted by atomic mass is 35.5. The van der Waals surface area contributed by atoms with E-state index in [0.29, 0.717) is 5.56 Å². The van der Waals surface area contributed by atoms with Crippen molar-refractivity contribution in [3.8, 4) is 5.75 Å². The minimum absolute atomic E-state index is 0.213. The zero-order valence-electron chi connectivity index (χ0n) is 15.3. The van der Waals surface area contributed by atoms with Gasteiger partial charge in [-0.3, -0.25) is 19.6 Å². The summed E-state index contributed by atoms with van der Waals surface area (Å²) in [6.45, 7) is -0.235. The number of benzene rings is 2. The maximum Gasteiger partial charge on any atom is 0.345 e. The van der Waals surface area contributed by atoms with Gasteiger partial charge >= 0.3 is 11.7 Å². The van der Waals surface area contributed by atoms with E-state index in [4.69, 9.17) is 16.3 Å². The summed E-state index contributed by atoms with van der Waals surface area (Å²) in [4.78, 5) is 34.1. The van der Waals surface area contributed by atoms with Crippen LogP contribution in [0.2, 0.25) is 5.02 Å². The van der Waals surface area contributed by atoms with Gasteiger partial charge in [0.15, 0.2) is 0 Å². The smallest absolute Gasteiger partial charge is 0.345 e. The second-order valence-corrected chi connectivity index (χ2v) is 6.30. The molecule has 2 aromatic carbocycles. The fraction of sp³-hybridized carbons (Fsp3) is 0.0526. The molecular formula is C19H14ClN5O5. The van der Waals surface area contributed by atoms with E-state index < -0.39 is 16.8 Å². The highest BCUT2D eigenvalue weighted by Crippen LogP contribution is 2.19. The van der Waals surface area contributed by atoms with Crippen LogP contribution in [0.1, 0.15) is 15.9 Å². The van der Waals surface area contributed by atoms with Gasteiger partial charge in [-0.25, -0.2) is 10.2 Å². The van der Waals surface area contributed by atoms with E-state index in [2.05, 4.69) is 15.6 Å². The molecule has 3 rings (SSSR count). The second-order valence-electron chi connectivity index (χ2n) is 5.89. The van der Waals surface area contributed by atoms with E-state index in [1.807, 2.05) is 0 Å². The number of aromatic nitrogens is 2. The lowest BCUT2D eigenvalue weighted by Gasteiger charge is -2.06. The van der Waals surface area contributed by atoms with Crippen molar-refractivity contribution >= 4 is 35.4 Å². The van der Waals surface area contributed by atoms with Crippen LogP contribution in [-0.2, 0) is 11.3 Å². The number of carbonyl (C=O) groups is 2. The predicted molar refractivity (Wildman–Crippen MR) is 107 cm³/mol. The van der Waals surface area contributed by atoms with Crippen molar-refractivity contribution in [1.82, 2.24) is 15.2 Å². The van der Waals surface area contributed by atoms with Crippen LogP contribution in [0.15, 0.2) is 66.0 Å². The van der Waals surface area contributed by atoms with Gasteiger partial charge in [0.05, 0.1) is 21.7 Å². The van der Waals surface area contributed by atoms with Crippen LogP contribution >= 0.6 is 11.6 Å². The standard InChI is InChI=1S/C19H14ClN5O5/c20-17-7-2-1-6-16(17)19(27)30-15-5-3-4-13(8-15)9-21-23-18(26)12-24-11-14(10-22-24)25(28)29/h1-11H,12H2,(H,23,26)/b21-9+. The Morgan fingerprint density at radius 2 is 2.07 bits per heavy atom. The number of hydrogen-bond acceptors (Lipinski definition) is 7. The number of hydrazone groups is 1. The van der Waals surface area contributed by atoms with Crippen molar-refractivity contribution in [2.24, 2.45) is 5.10 Å². The zero-order valence-corrected chi connectivity index (χ0v) is 16.0. The summed E-state index contributed by atoms with van der Waals surface area (Å²) in [5.41, 5.74) is 2.88. The molecule has 0 radical (unpaired) electrons. The molecule has 0 saturated heterocycles. The summed E-state index contributed by atoms with van der Waals surface area (Å²) < 4.78 is 6.43. The molecule has 0 bridgehead atoms. The molecule has 0 aliphatic heterocycles. The molecule has 1 aromatic heterocycles. The Bertz CT molecular complexity index is 1130. The van der Waals surface area contributed by atoms with Gasteiger partial charge in [0.1, 0.15) is 24.7 Å². The number of esters is 1. The van der Waals surface area contributed by atoms with E-state index in [-0.39, 0.29) is 28.6 Å². The van der Waals surface area contributed by atoms with E-state index >= 15 is 0 Å². The molecule has 11 heteroatoms. The highest BCUT2D eigenvalue weighted by molar-refractivity contribution is 6.33. The maximum atomic E-state index is 12.2. The van der Waals surface area contributed by atoms with Gasteiger partial charge in [0.25, 0.3) is 5.91 Å². The molecule has 0 saturated carbocycles. The zero-order chi connectivity index (χ0) is 21.5. The molecule has 0 aliphatic rings. The van der Waals surface area contributed by atoms with Gasteiger partial charge in [0.2, 0.25) is 0 Å². The Hall–Kier alpha value is -4.05. The monoisotopic (exact) mass is 427 g/mol. The number of nitrogens with one attached hydrogen (secondary N) is 1. The fourth-order valence-electron chi connectivity index (χ4n) is 2.34. The number of rotatable bonds is 7. The van der Waals surface area contributed by atoms with Crippen molar-refractivity contribution < 1.29 is 19.2 Å². The topological polar surface area (TPSA) is 129 Å². The summed E-state index contributed by atoms with van der Waals surface area (Å²) in [6, 6.07) is 13.0. The Labute approximate surface area is 174 Å². The first-order valence-electron chi connectivity index (χ1n) is 8.48. The molecular weight excluding hydrogens is 414 g/mol. The summed E-state index contributed by atoms with van der Waals surface area (Å²) in [5, 5.41) is 18.4. The summed E-state index contributed by atoms with van der Waals surface area (Å²) >= 11 is 5.99. The van der Waals surface area contributed by atoms with E-state index in [0.717, 1.165) is 17.1 Å². The van der Waals surface area contributed by atoms with Gasteiger partial charge in [-0.15, -0.1) is 0 Å². The number of hydrogen-bond donors (Lipinski definition) is 1. The van der Waals surface area contributed by atoms with Crippen molar-refractivity contribution in [3.05, 3.63) is 87.2 Å². The lowest BCUT2D eigenvalue weighted by Crippen LogP contribution is -2.23. The summed E-state index contributed by atoms with van der Waals surface area (Å²) in [7, 11) is 0. The minimum atomic E-state index is -0.606. The fourth-order valence-corrected chi connectivity index (χ4v) is 2.55. The molecule has 3 aromatic rings. The first-order valence-corrected chi connectivity index (χ1v) is 8.85. The van der Waals surface area contributed by atoms with Crippen LogP contribution in [0, 0.1) is 10.1 Å². The third-order valence-corrected chi connectivity index (χ3v) is 4.03. The lowest BCUT2D eigenvalue weighted by molar-refractivity contribution is -0.385. The number of nitro groups is 1. The number of ether oxygens (including phenoxy) is 1. The number of nitrogens with zero attached hydrogens (tertiary/aromatic N) is 4. The van der Waals surface area contributed by atoms with Crippen LogP contribution in [0.3, 0.4) is 0 Å². The van der Waals surface area contributed by atoms with Crippen molar-refractivity contribution in [1.29, 1.82) is 0 Å². The first-order chi connectivity index (χ1) is 14.4. The van der Waals surface area contributed by atoms with E-state index in [1.165, 1.54) is 6.21 Å². The van der Waals surface area contributed by atoms with Crippen molar-refractivity contribution in [2.45, 2.75) is 6.54 Å². The molecule has 0 aliphatic carbocycles. The predicted octanol–water partition coefficient (Wildman–Crippen LogP) is 2.81. The van der Waals surface area contributed by atoms with Crippen LogP contribution in [-0.4, -0.2) is 32.8 Å². The molecule has 10 nitrogen and oxygen atoms in total. The Morgan fingerprint density at radius 1 is 1.27 bits per heavy atom. The molecule has 1 amide bonds. The van der Waals surface area contributed by atoms with E-state index in [9.17, 15) is 19.7 Å². The number of carbonyl (C=O) groups excluding carboxylic acids is 2. The van der Waals surface area contributed by atoms with Gasteiger partial charge in [-0.2, -0.15) is 10.2 Å². The Kier molecular flexibility index (Phi) is 6.50. The molecule has 152 valence electrons. The highest BCUT2D eigenvalue weighted by Gasteiger charge is 2.12. The molecule has 0 fully saturated rings. The third kappa shape index (κ3) is 5.49. The molecule has 0 unspecified atom stereocenters. The lowest BCUT2D eigenvalue weighted by atomic mass is 10.2. The largest absolute Gasteiger partial charge is 0.423 e. The Morgan fingerprint density at radius 3 is 2.80 bits per heavy atom. The van der Waals surface area contributed by atoms with Crippen LogP contribution in [0.5, 0.6) is 5.75 Å². The van der Waals surface area contributed by atoms with Crippen LogP contribution in [0.25, 0.3) is 0 Å². The summed E-state index contributed by atoms with van der Waals surface area (Å²) in [6.07, 6.45) is 3.54. The number of halogens is 1. The van der Waals surface area contributed by atoms with Gasteiger partial charge in [0, 0.05) is 0 Å². The molecule has 0 spiro atoms. The van der Waals surface area contributed by atoms with E-state index in [1.54, 1.807) is 48.5 Å². The molecule has 1 heterocycles. The minimum Gasteiger partial charge on any atom is -0.423 e. The third-order valence-electron chi connectivity index (χ3n) is 3.70. The number of amides is 1. The molecule has 1 N–H and O–H groups in total. The van der Waals surface area contributed by atoms with Gasteiger partial charge in [-0.05, 0) is 29.8 Å². The summed E-state index contributed by atoms with van der Waals surface area (Å²) in [5.74, 6) is -0.846. The Balaban J connectivity index is 1.57. The van der Waals surface area contributed by atoms with Gasteiger partial charge < -0.3 is 4.74 Å². The maximum absolute atomic E-state index is 12.2. The first kappa shape index (κ1) is 20.7. The molecule has 0 atom stereocenters. The quantitative estimate of drug-likeness (QED) is 0.203. The second kappa shape index (κ2) is 9.43. The van der Waals surface area contributed by atoms with Gasteiger partial charge in [-0.1, -0.05) is 35.9 Å². The molecule has 30 heavy (non-hydrogen) atoms. The van der Waals surface area contributed by atoms with Crippen LogP contribution in [0.4, 0.5) is 5.69 Å². The average Bonchev–Trinajstić information content (AvgIpc) is 3.17. The van der Waals surface area contributed by atoms with Crippen molar-refractivity contribution in [3.63, 3.8) is 0 Å². The van der Waals surface area contributed by atoms with Crippen LogP contribution < -0.4 is 10.2 Å².